The van der Waals surface area contributed by atoms with E-state index in [-0.39, 0.29) is 5.78 Å². The molecule has 0 aromatic carbocycles. The Balaban J connectivity index is 0. The second-order valence-corrected chi connectivity index (χ2v) is 5.71. The molecule has 2 heteroatoms. The van der Waals surface area contributed by atoms with Gasteiger partial charge in [0.25, 0.3) is 0 Å². The van der Waals surface area contributed by atoms with Crippen LogP contribution in [0.5, 0.6) is 0 Å². The Hall–Kier alpha value is -0.790. The summed E-state index contributed by atoms with van der Waals surface area (Å²) in [5.41, 5.74) is 1.00. The van der Waals surface area contributed by atoms with Gasteiger partial charge in [-0.05, 0) is 31.3 Å². The predicted molar refractivity (Wildman–Crippen MR) is 86.3 cm³/mol. The van der Waals surface area contributed by atoms with Crippen LogP contribution in [0.2, 0.25) is 0 Å². The molecule has 0 saturated carbocycles. The van der Waals surface area contributed by atoms with E-state index in [0.717, 1.165) is 18.2 Å². The molecule has 0 aromatic heterocycles. The molecule has 0 aromatic rings. The van der Waals surface area contributed by atoms with Crippen molar-refractivity contribution in [3.8, 4) is 0 Å². The lowest BCUT2D eigenvalue weighted by Crippen LogP contribution is -2.14. The molecule has 0 aliphatic rings. The molecule has 0 unspecified atom stereocenters. The lowest BCUT2D eigenvalue weighted by Gasteiger charge is -2.08. The number of carbonyl (C=O) groups excluding carboxylic acids is 1. The van der Waals surface area contributed by atoms with Crippen LogP contribution in [0.25, 0.3) is 0 Å². The Bertz CT molecular complexity index is 242. The van der Waals surface area contributed by atoms with Crippen LogP contribution in [0.15, 0.2) is 11.8 Å². The van der Waals surface area contributed by atoms with Crippen molar-refractivity contribution in [3.05, 3.63) is 11.8 Å². The number of carbonyl (C=O) groups is 1. The summed E-state index contributed by atoms with van der Waals surface area (Å²) in [4.78, 5) is 11.5. The molecule has 0 amide bonds. The molecule has 0 saturated heterocycles. The number of hydrogen-bond donors (Lipinski definition) is 1. The molecule has 114 valence electrons. The van der Waals surface area contributed by atoms with Crippen molar-refractivity contribution in [1.82, 2.24) is 5.32 Å². The number of hydrogen-bond acceptors (Lipinski definition) is 2. The van der Waals surface area contributed by atoms with E-state index in [9.17, 15) is 4.79 Å². The summed E-state index contributed by atoms with van der Waals surface area (Å²) >= 11 is 0. The van der Waals surface area contributed by atoms with Gasteiger partial charge in [0.1, 0.15) is 0 Å². The Morgan fingerprint density at radius 1 is 1.05 bits per heavy atom. The number of ketones is 1. The van der Waals surface area contributed by atoms with Gasteiger partial charge >= 0.3 is 0 Å². The minimum atomic E-state index is 0.229. The average Bonchev–Trinajstić information content (AvgIpc) is 2.29. The topological polar surface area (TPSA) is 29.1 Å². The number of allylic oxidation sites excluding steroid dienone is 2. The van der Waals surface area contributed by atoms with Gasteiger partial charge in [0.05, 0.1) is 0 Å². The molecule has 0 spiro atoms. The van der Waals surface area contributed by atoms with Crippen LogP contribution in [0, 0.1) is 11.8 Å². The minimum Gasteiger partial charge on any atom is -0.388 e. The zero-order chi connectivity index (χ0) is 15.3. The standard InChI is InChI=1S/C15H29NO.C2H6/c1-12(2)8-6-7-9-16-14(5)11-15(17)10-13(3)4;1-2/h11-13,16H,6-10H2,1-5H3;1-2H3/b14-11-;. The SMILES string of the molecule is C/C(=C/C(=O)CC(C)C)NCCCCC(C)C.CC. The van der Waals surface area contributed by atoms with Gasteiger partial charge in [-0.15, -0.1) is 0 Å². The highest BCUT2D eigenvalue weighted by atomic mass is 16.1. The summed E-state index contributed by atoms with van der Waals surface area (Å²) in [7, 11) is 0. The zero-order valence-electron chi connectivity index (χ0n) is 14.2. The van der Waals surface area contributed by atoms with Gasteiger partial charge in [-0.3, -0.25) is 4.79 Å². The van der Waals surface area contributed by atoms with Crippen molar-refractivity contribution < 1.29 is 4.79 Å². The normalized spacial score (nSPS) is 11.3. The van der Waals surface area contributed by atoms with E-state index in [1.165, 1.54) is 19.3 Å². The first kappa shape index (κ1) is 20.5. The second-order valence-electron chi connectivity index (χ2n) is 5.71. The molecule has 0 fully saturated rings. The fourth-order valence-electron chi connectivity index (χ4n) is 1.72. The highest BCUT2D eigenvalue weighted by Crippen LogP contribution is 2.06. The van der Waals surface area contributed by atoms with E-state index in [4.69, 9.17) is 0 Å². The number of rotatable bonds is 9. The van der Waals surface area contributed by atoms with Crippen molar-refractivity contribution >= 4 is 5.78 Å². The third-order valence-electron chi connectivity index (χ3n) is 2.60. The van der Waals surface area contributed by atoms with Crippen LogP contribution in [0.1, 0.15) is 74.1 Å². The van der Waals surface area contributed by atoms with Crippen LogP contribution in [-0.2, 0) is 4.79 Å². The third-order valence-corrected chi connectivity index (χ3v) is 2.60. The van der Waals surface area contributed by atoms with Gasteiger partial charge in [-0.2, -0.15) is 0 Å². The second kappa shape index (κ2) is 13.6. The first-order chi connectivity index (χ1) is 8.91. The fraction of sp³-hybridized carbons (Fsp3) is 0.824. The zero-order valence-corrected chi connectivity index (χ0v) is 14.2. The largest absolute Gasteiger partial charge is 0.388 e. The summed E-state index contributed by atoms with van der Waals surface area (Å²) in [6, 6.07) is 0. The van der Waals surface area contributed by atoms with Crippen molar-refractivity contribution in [1.29, 1.82) is 0 Å². The van der Waals surface area contributed by atoms with E-state index in [1.54, 1.807) is 6.08 Å². The summed E-state index contributed by atoms with van der Waals surface area (Å²) < 4.78 is 0. The Morgan fingerprint density at radius 3 is 2.11 bits per heavy atom. The summed E-state index contributed by atoms with van der Waals surface area (Å²) in [6.07, 6.45) is 6.12. The van der Waals surface area contributed by atoms with Crippen LogP contribution in [-0.4, -0.2) is 12.3 Å². The van der Waals surface area contributed by atoms with Crippen LogP contribution in [0.3, 0.4) is 0 Å². The molecule has 19 heavy (non-hydrogen) atoms. The average molecular weight is 269 g/mol. The Kier molecular flexibility index (Phi) is 14.7. The van der Waals surface area contributed by atoms with Crippen molar-refractivity contribution in [2.45, 2.75) is 74.1 Å². The van der Waals surface area contributed by atoms with E-state index >= 15 is 0 Å². The molecule has 0 aliphatic heterocycles. The summed E-state index contributed by atoms with van der Waals surface area (Å²) in [5.74, 6) is 1.46. The molecular weight excluding hydrogens is 234 g/mol. The molecule has 0 rings (SSSR count). The minimum absolute atomic E-state index is 0.229. The summed E-state index contributed by atoms with van der Waals surface area (Å²) in [5, 5.41) is 3.30. The van der Waals surface area contributed by atoms with E-state index in [2.05, 4.69) is 33.0 Å². The molecule has 0 atom stereocenters. The Labute approximate surface area is 121 Å². The van der Waals surface area contributed by atoms with Crippen LogP contribution in [0.4, 0.5) is 0 Å². The van der Waals surface area contributed by atoms with E-state index in [0.29, 0.717) is 12.3 Å². The molecule has 0 heterocycles. The van der Waals surface area contributed by atoms with Gasteiger partial charge in [-0.25, -0.2) is 0 Å². The van der Waals surface area contributed by atoms with Crippen LogP contribution < -0.4 is 5.32 Å². The van der Waals surface area contributed by atoms with E-state index in [1.807, 2.05) is 20.8 Å². The highest BCUT2D eigenvalue weighted by Gasteiger charge is 2.02. The number of nitrogens with one attached hydrogen (secondary N) is 1. The van der Waals surface area contributed by atoms with Crippen LogP contribution >= 0.6 is 0 Å². The summed E-state index contributed by atoms with van der Waals surface area (Å²) in [6.45, 7) is 15.6. The van der Waals surface area contributed by atoms with Gasteiger partial charge in [0.15, 0.2) is 5.78 Å². The predicted octanol–water partition coefficient (Wildman–Crippen LogP) is 4.95. The fourth-order valence-corrected chi connectivity index (χ4v) is 1.72. The van der Waals surface area contributed by atoms with Crippen molar-refractivity contribution in [2.24, 2.45) is 11.8 Å². The van der Waals surface area contributed by atoms with Crippen molar-refractivity contribution in [2.75, 3.05) is 6.54 Å². The quantitative estimate of drug-likeness (QED) is 0.474. The third kappa shape index (κ3) is 17.2. The smallest absolute Gasteiger partial charge is 0.157 e. The molecular formula is C17H35NO. The maximum Gasteiger partial charge on any atom is 0.157 e. The first-order valence-electron chi connectivity index (χ1n) is 7.86. The molecule has 0 aliphatic carbocycles. The molecule has 0 radical (unpaired) electrons. The molecule has 2 nitrogen and oxygen atoms in total. The van der Waals surface area contributed by atoms with E-state index < -0.39 is 0 Å². The maximum atomic E-state index is 11.5. The number of unbranched alkanes of at least 4 members (excludes halogenated alkanes) is 1. The molecule has 0 bridgehead atoms. The van der Waals surface area contributed by atoms with Gasteiger partial charge in [0.2, 0.25) is 0 Å². The maximum absolute atomic E-state index is 11.5. The van der Waals surface area contributed by atoms with Gasteiger partial charge < -0.3 is 5.32 Å². The van der Waals surface area contributed by atoms with Crippen molar-refractivity contribution in [3.63, 3.8) is 0 Å². The molecule has 1 N–H and O–H groups in total. The highest BCUT2D eigenvalue weighted by molar-refractivity contribution is 5.90. The van der Waals surface area contributed by atoms with Gasteiger partial charge in [0, 0.05) is 18.7 Å². The van der Waals surface area contributed by atoms with Gasteiger partial charge in [-0.1, -0.05) is 54.4 Å². The Morgan fingerprint density at radius 2 is 1.63 bits per heavy atom. The monoisotopic (exact) mass is 269 g/mol. The first-order valence-corrected chi connectivity index (χ1v) is 7.86. The lowest BCUT2D eigenvalue weighted by atomic mass is 10.1. The lowest BCUT2D eigenvalue weighted by molar-refractivity contribution is -0.115.